The van der Waals surface area contributed by atoms with Gasteiger partial charge in [-0.05, 0) is 48.2 Å². The summed E-state index contributed by atoms with van der Waals surface area (Å²) in [5.41, 5.74) is 3.60. The van der Waals surface area contributed by atoms with Gasteiger partial charge in [0.05, 0.1) is 25.2 Å². The van der Waals surface area contributed by atoms with Gasteiger partial charge in [-0.25, -0.2) is 0 Å². The summed E-state index contributed by atoms with van der Waals surface area (Å²) >= 11 is 0. The van der Waals surface area contributed by atoms with Crippen molar-refractivity contribution >= 4 is 16.8 Å². The Kier molecular flexibility index (Phi) is 8.78. The summed E-state index contributed by atoms with van der Waals surface area (Å²) < 4.78 is 5.33. The molecule has 0 aliphatic rings. The molecule has 1 heterocycles. The minimum Gasteiger partial charge on any atom is -0.506 e. The van der Waals surface area contributed by atoms with E-state index in [-0.39, 0.29) is 23.3 Å². The fraction of sp³-hybridized carbons (Fsp3) is 0.267. The number of hydrogen-bond donors (Lipinski definition) is 5. The highest BCUT2D eigenvalue weighted by atomic mass is 16.5. The van der Waals surface area contributed by atoms with Crippen molar-refractivity contribution in [3.8, 4) is 11.5 Å². The molecule has 0 aliphatic heterocycles. The number of pyridine rings is 1. The molecule has 5 N–H and O–H groups in total. The van der Waals surface area contributed by atoms with E-state index in [9.17, 15) is 19.8 Å². The Bertz CT molecular complexity index is 1450. The lowest BCUT2D eigenvalue weighted by Gasteiger charge is -2.19. The average molecular weight is 516 g/mol. The molecule has 8 nitrogen and oxygen atoms in total. The number of carbonyl (C=O) groups excluding carboxylic acids is 1. The number of phenols is 1. The van der Waals surface area contributed by atoms with Crippen LogP contribution in [0.15, 0.2) is 77.6 Å². The number of aromatic amines is 1. The Morgan fingerprint density at radius 3 is 2.50 bits per heavy atom. The van der Waals surface area contributed by atoms with E-state index in [4.69, 9.17) is 4.74 Å². The molecule has 198 valence electrons. The monoisotopic (exact) mass is 515 g/mol. The first-order valence-electron chi connectivity index (χ1n) is 12.6. The van der Waals surface area contributed by atoms with Gasteiger partial charge < -0.3 is 30.6 Å². The lowest BCUT2D eigenvalue weighted by Crippen LogP contribution is -2.32. The van der Waals surface area contributed by atoms with Crippen LogP contribution in [0.1, 0.15) is 35.3 Å². The number of amides is 1. The number of H-pyrrole nitrogens is 1. The largest absolute Gasteiger partial charge is 0.506 e. The first-order chi connectivity index (χ1) is 18.3. The highest BCUT2D eigenvalue weighted by Crippen LogP contribution is 2.28. The summed E-state index contributed by atoms with van der Waals surface area (Å²) in [6, 6.07) is 21.8. The minimum absolute atomic E-state index is 0.0349. The first kappa shape index (κ1) is 26.9. The molecule has 0 bridgehead atoms. The Balaban J connectivity index is 1.27. The number of nitrogens with one attached hydrogen (secondary N) is 3. The second-order valence-electron chi connectivity index (χ2n) is 9.40. The lowest BCUT2D eigenvalue weighted by atomic mass is 10.0. The van der Waals surface area contributed by atoms with Gasteiger partial charge in [-0.2, -0.15) is 0 Å². The van der Waals surface area contributed by atoms with Crippen LogP contribution in [-0.2, 0) is 24.2 Å². The van der Waals surface area contributed by atoms with Gasteiger partial charge in [-0.15, -0.1) is 0 Å². The molecule has 0 aliphatic carbocycles. The molecule has 0 spiro atoms. The quantitative estimate of drug-likeness (QED) is 0.209. The smallest absolute Gasteiger partial charge is 0.248 e. The third-order valence-corrected chi connectivity index (χ3v) is 6.52. The summed E-state index contributed by atoms with van der Waals surface area (Å²) in [5.74, 6) is 0.658. The van der Waals surface area contributed by atoms with E-state index < -0.39 is 6.10 Å². The van der Waals surface area contributed by atoms with Gasteiger partial charge >= 0.3 is 0 Å². The topological polar surface area (TPSA) is 124 Å². The highest BCUT2D eigenvalue weighted by molar-refractivity contribution is 5.87. The summed E-state index contributed by atoms with van der Waals surface area (Å²) in [5, 5.41) is 27.7. The van der Waals surface area contributed by atoms with Crippen LogP contribution < -0.4 is 20.9 Å². The maximum atomic E-state index is 12.4. The number of benzene rings is 3. The molecule has 38 heavy (non-hydrogen) atoms. The van der Waals surface area contributed by atoms with Gasteiger partial charge in [0.15, 0.2) is 0 Å². The molecule has 2 atom stereocenters. The van der Waals surface area contributed by atoms with E-state index in [0.29, 0.717) is 36.0 Å². The van der Waals surface area contributed by atoms with Crippen molar-refractivity contribution in [1.82, 2.24) is 15.6 Å². The van der Waals surface area contributed by atoms with E-state index in [1.54, 1.807) is 19.2 Å². The van der Waals surface area contributed by atoms with Crippen molar-refractivity contribution in [1.29, 1.82) is 0 Å². The van der Waals surface area contributed by atoms with Gasteiger partial charge in [0.2, 0.25) is 11.5 Å². The van der Waals surface area contributed by atoms with Gasteiger partial charge in [-0.3, -0.25) is 9.59 Å². The molecule has 0 radical (unpaired) electrons. The number of ether oxygens (including phenoxy) is 1. The third kappa shape index (κ3) is 6.79. The van der Waals surface area contributed by atoms with E-state index >= 15 is 0 Å². The van der Waals surface area contributed by atoms with Gasteiger partial charge in [-0.1, -0.05) is 48.5 Å². The predicted octanol–water partition coefficient (Wildman–Crippen LogP) is 3.36. The van der Waals surface area contributed by atoms with Crippen LogP contribution in [-0.4, -0.2) is 40.8 Å². The van der Waals surface area contributed by atoms with Gasteiger partial charge in [0.1, 0.15) is 11.5 Å². The zero-order chi connectivity index (χ0) is 27.1. The number of hydrogen-bond acceptors (Lipinski definition) is 6. The minimum atomic E-state index is -0.816. The number of phenolic OH excluding ortho intramolecular Hbond substituents is 1. The van der Waals surface area contributed by atoms with Crippen molar-refractivity contribution in [3.63, 3.8) is 0 Å². The number of para-hydroxylation sites is 1. The Morgan fingerprint density at radius 2 is 1.74 bits per heavy atom. The summed E-state index contributed by atoms with van der Waals surface area (Å²) in [7, 11) is 1.61. The molecular formula is C30H33N3O5. The first-order valence-corrected chi connectivity index (χ1v) is 12.6. The lowest BCUT2D eigenvalue weighted by molar-refractivity contribution is -0.120. The molecule has 3 aromatic carbocycles. The maximum Gasteiger partial charge on any atom is 0.248 e. The zero-order valence-corrected chi connectivity index (χ0v) is 21.5. The second kappa shape index (κ2) is 12.4. The van der Waals surface area contributed by atoms with Crippen molar-refractivity contribution in [2.75, 3.05) is 13.7 Å². The molecule has 1 aromatic heterocycles. The molecule has 1 unspecified atom stereocenters. The molecule has 4 aromatic rings. The standard InChI is InChI=1S/C30H33N3O5/c1-19(31-18-26(35)23-11-13-25(34)30-24(23)12-14-28(36)33-30)15-20-7-9-21(10-8-20)16-29(37)32-17-22-5-3-4-6-27(22)38-2/h3-14,19,26,31,34-35H,15-18H2,1-2H3,(H,32,37)(H,33,36)/t19?,26-/m0/s1. The van der Waals surface area contributed by atoms with E-state index in [0.717, 1.165) is 28.9 Å². The molecule has 0 saturated carbocycles. The number of aliphatic hydroxyl groups excluding tert-OH is 1. The maximum absolute atomic E-state index is 12.4. The molecule has 8 heteroatoms. The van der Waals surface area contributed by atoms with E-state index in [2.05, 4.69) is 15.6 Å². The van der Waals surface area contributed by atoms with Crippen LogP contribution in [0.5, 0.6) is 11.5 Å². The second-order valence-corrected chi connectivity index (χ2v) is 9.40. The molecule has 0 saturated heterocycles. The van der Waals surface area contributed by atoms with Crippen molar-refractivity contribution in [2.24, 2.45) is 0 Å². The van der Waals surface area contributed by atoms with Crippen molar-refractivity contribution in [2.45, 2.75) is 38.5 Å². The Labute approximate surface area is 221 Å². The van der Waals surface area contributed by atoms with Crippen molar-refractivity contribution < 1.29 is 19.7 Å². The Hall–Kier alpha value is -4.14. The highest BCUT2D eigenvalue weighted by Gasteiger charge is 2.15. The third-order valence-electron chi connectivity index (χ3n) is 6.52. The van der Waals surface area contributed by atoms with Crippen LogP contribution in [0.3, 0.4) is 0 Å². The number of aromatic hydroxyl groups is 1. The van der Waals surface area contributed by atoms with Crippen LogP contribution in [0.25, 0.3) is 10.9 Å². The number of methoxy groups -OCH3 is 1. The number of fused-ring (bicyclic) bond motifs is 1. The number of rotatable bonds is 11. The SMILES string of the molecule is COc1ccccc1CNC(=O)Cc1ccc(CC(C)NC[C@H](O)c2ccc(O)c3[nH]c(=O)ccc23)cc1. The normalized spacial score (nSPS) is 12.7. The molecule has 4 rings (SSSR count). The summed E-state index contributed by atoms with van der Waals surface area (Å²) in [6.07, 6.45) is 0.223. The van der Waals surface area contributed by atoms with Crippen LogP contribution in [0, 0.1) is 0 Å². The average Bonchev–Trinajstić information content (AvgIpc) is 2.92. The fourth-order valence-electron chi connectivity index (χ4n) is 4.48. The summed E-state index contributed by atoms with van der Waals surface area (Å²) in [6.45, 7) is 2.76. The Morgan fingerprint density at radius 1 is 1.00 bits per heavy atom. The van der Waals surface area contributed by atoms with Crippen LogP contribution in [0.2, 0.25) is 0 Å². The van der Waals surface area contributed by atoms with Gasteiger partial charge in [0, 0.05) is 36.1 Å². The van der Waals surface area contributed by atoms with Crippen LogP contribution in [0.4, 0.5) is 0 Å². The zero-order valence-electron chi connectivity index (χ0n) is 21.5. The number of aromatic nitrogens is 1. The number of carbonyl (C=O) groups is 1. The molecular weight excluding hydrogens is 482 g/mol. The van der Waals surface area contributed by atoms with E-state index in [1.807, 2.05) is 55.5 Å². The predicted molar refractivity (Wildman–Crippen MR) is 147 cm³/mol. The molecule has 1 amide bonds. The summed E-state index contributed by atoms with van der Waals surface area (Å²) in [4.78, 5) is 26.7. The fourth-order valence-corrected chi connectivity index (χ4v) is 4.48. The van der Waals surface area contributed by atoms with Crippen molar-refractivity contribution in [3.05, 3.63) is 105 Å². The van der Waals surface area contributed by atoms with Gasteiger partial charge in [0.25, 0.3) is 0 Å². The number of aliphatic hydroxyl groups is 1. The van der Waals surface area contributed by atoms with Crippen LogP contribution >= 0.6 is 0 Å². The van der Waals surface area contributed by atoms with E-state index in [1.165, 1.54) is 12.1 Å². The molecule has 0 fully saturated rings.